The first-order valence-corrected chi connectivity index (χ1v) is 8.65. The van der Waals surface area contributed by atoms with Gasteiger partial charge in [-0.15, -0.1) is 0 Å². The molecule has 0 fully saturated rings. The molecule has 6 nitrogen and oxygen atoms in total. The molecule has 0 bridgehead atoms. The zero-order valence-electron chi connectivity index (χ0n) is 15.6. The van der Waals surface area contributed by atoms with E-state index in [2.05, 4.69) is 39.7 Å². The molecule has 27 heavy (non-hydrogen) atoms. The molecule has 1 aromatic heterocycles. The monoisotopic (exact) mass is 362 g/mol. The Bertz CT molecular complexity index is 956. The van der Waals surface area contributed by atoms with Crippen molar-refractivity contribution < 1.29 is 9.53 Å². The number of aromatic nitrogens is 2. The summed E-state index contributed by atoms with van der Waals surface area (Å²) in [7, 11) is 1.36. The zero-order valence-corrected chi connectivity index (χ0v) is 15.6. The molecule has 2 aromatic carbocycles. The van der Waals surface area contributed by atoms with Crippen LogP contribution in [0.3, 0.4) is 0 Å². The van der Waals surface area contributed by atoms with Gasteiger partial charge in [-0.1, -0.05) is 36.4 Å². The van der Waals surface area contributed by atoms with Gasteiger partial charge in [-0.2, -0.15) is 4.98 Å². The van der Waals surface area contributed by atoms with Crippen LogP contribution >= 0.6 is 0 Å². The molecule has 0 unspecified atom stereocenters. The van der Waals surface area contributed by atoms with Crippen LogP contribution in [0.5, 0.6) is 0 Å². The Labute approximate surface area is 158 Å². The molecule has 0 aliphatic heterocycles. The number of ether oxygens (including phenoxy) is 1. The molecular weight excluding hydrogens is 340 g/mol. The van der Waals surface area contributed by atoms with Crippen molar-refractivity contribution in [2.24, 2.45) is 0 Å². The second kappa shape index (κ2) is 8.31. The number of carbonyl (C=O) groups is 1. The fourth-order valence-electron chi connectivity index (χ4n) is 2.71. The van der Waals surface area contributed by atoms with Gasteiger partial charge < -0.3 is 15.4 Å². The van der Waals surface area contributed by atoms with E-state index in [1.807, 2.05) is 37.3 Å². The second-order valence-corrected chi connectivity index (χ2v) is 6.16. The van der Waals surface area contributed by atoms with Gasteiger partial charge in [-0.3, -0.25) is 0 Å². The third-order valence-corrected chi connectivity index (χ3v) is 4.15. The van der Waals surface area contributed by atoms with E-state index < -0.39 is 5.97 Å². The van der Waals surface area contributed by atoms with E-state index >= 15 is 0 Å². The molecule has 1 heterocycles. The number of rotatable bonds is 6. The first-order valence-electron chi connectivity index (χ1n) is 8.65. The number of anilines is 3. The van der Waals surface area contributed by atoms with Gasteiger partial charge in [0.15, 0.2) is 0 Å². The third-order valence-electron chi connectivity index (χ3n) is 4.15. The molecule has 3 aromatic rings. The number of esters is 1. The molecule has 2 N–H and O–H groups in total. The summed E-state index contributed by atoms with van der Waals surface area (Å²) in [5.74, 6) is 0.726. The fraction of sp³-hybridized carbons (Fsp3) is 0.190. The Morgan fingerprint density at radius 3 is 2.56 bits per heavy atom. The number of aryl methyl sites for hydroxylation is 2. The molecule has 0 aliphatic carbocycles. The minimum absolute atomic E-state index is 0.401. The lowest BCUT2D eigenvalue weighted by Crippen LogP contribution is -2.09. The molecule has 0 radical (unpaired) electrons. The highest BCUT2D eigenvalue weighted by Crippen LogP contribution is 2.22. The van der Waals surface area contributed by atoms with Crippen molar-refractivity contribution in [3.8, 4) is 0 Å². The van der Waals surface area contributed by atoms with Crippen LogP contribution in [-0.4, -0.2) is 23.0 Å². The maximum absolute atomic E-state index is 11.9. The van der Waals surface area contributed by atoms with E-state index in [0.717, 1.165) is 5.69 Å². The fourth-order valence-corrected chi connectivity index (χ4v) is 2.71. The van der Waals surface area contributed by atoms with E-state index in [1.54, 1.807) is 12.1 Å². The van der Waals surface area contributed by atoms with Crippen molar-refractivity contribution in [2.45, 2.75) is 20.4 Å². The van der Waals surface area contributed by atoms with Crippen molar-refractivity contribution in [2.75, 3.05) is 17.7 Å². The summed E-state index contributed by atoms with van der Waals surface area (Å²) in [5, 5.41) is 6.45. The standard InChI is InChI=1S/C21H22N4O2/c1-14-8-4-5-9-16(14)13-22-21-23-15(2)12-19(25-21)24-18-11-7-6-10-17(18)20(26)27-3/h4-12H,13H2,1-3H3,(H2,22,23,24,25). The second-order valence-electron chi connectivity index (χ2n) is 6.16. The normalized spacial score (nSPS) is 10.3. The molecule has 0 saturated carbocycles. The van der Waals surface area contributed by atoms with Crippen molar-refractivity contribution in [1.29, 1.82) is 0 Å². The number of nitrogens with one attached hydrogen (secondary N) is 2. The number of hydrogen-bond acceptors (Lipinski definition) is 6. The zero-order chi connectivity index (χ0) is 19.2. The van der Waals surface area contributed by atoms with Crippen LogP contribution in [0, 0.1) is 13.8 Å². The molecule has 0 atom stereocenters. The van der Waals surface area contributed by atoms with Gasteiger partial charge in [0.25, 0.3) is 0 Å². The Kier molecular flexibility index (Phi) is 5.66. The van der Waals surface area contributed by atoms with E-state index in [1.165, 1.54) is 18.2 Å². The lowest BCUT2D eigenvalue weighted by atomic mass is 10.1. The minimum atomic E-state index is -0.401. The molecule has 0 saturated heterocycles. The summed E-state index contributed by atoms with van der Waals surface area (Å²) in [4.78, 5) is 20.9. The Balaban J connectivity index is 1.80. The predicted octanol–water partition coefficient (Wildman–Crippen LogP) is 4.24. The minimum Gasteiger partial charge on any atom is -0.465 e. The molecule has 138 valence electrons. The van der Waals surface area contributed by atoms with E-state index in [9.17, 15) is 4.79 Å². The van der Waals surface area contributed by atoms with Crippen LogP contribution in [0.1, 0.15) is 27.2 Å². The number of nitrogens with zero attached hydrogens (tertiary/aromatic N) is 2. The molecule has 0 aliphatic rings. The van der Waals surface area contributed by atoms with Gasteiger partial charge in [-0.25, -0.2) is 9.78 Å². The highest BCUT2D eigenvalue weighted by Gasteiger charge is 2.12. The maximum atomic E-state index is 11.9. The van der Waals surface area contributed by atoms with Gasteiger partial charge in [-0.05, 0) is 37.1 Å². The van der Waals surface area contributed by atoms with Gasteiger partial charge >= 0.3 is 5.97 Å². The average molecular weight is 362 g/mol. The average Bonchev–Trinajstić information content (AvgIpc) is 2.67. The van der Waals surface area contributed by atoms with Crippen LogP contribution in [0.2, 0.25) is 0 Å². The molecule has 3 rings (SSSR count). The summed E-state index contributed by atoms with van der Waals surface area (Å²) in [6.45, 7) is 4.61. The smallest absolute Gasteiger partial charge is 0.339 e. The predicted molar refractivity (Wildman–Crippen MR) is 106 cm³/mol. The van der Waals surface area contributed by atoms with Crippen molar-refractivity contribution in [3.05, 3.63) is 77.0 Å². The highest BCUT2D eigenvalue weighted by molar-refractivity contribution is 5.96. The summed E-state index contributed by atoms with van der Waals surface area (Å²) in [6.07, 6.45) is 0. The van der Waals surface area contributed by atoms with E-state index in [-0.39, 0.29) is 0 Å². The first-order chi connectivity index (χ1) is 13.1. The molecule has 6 heteroatoms. The van der Waals surface area contributed by atoms with Crippen molar-refractivity contribution >= 4 is 23.4 Å². The number of methoxy groups -OCH3 is 1. The largest absolute Gasteiger partial charge is 0.465 e. The van der Waals surface area contributed by atoms with Crippen LogP contribution in [0.25, 0.3) is 0 Å². The van der Waals surface area contributed by atoms with Gasteiger partial charge in [0.05, 0.1) is 18.4 Å². The summed E-state index contributed by atoms with van der Waals surface area (Å²) in [6, 6.07) is 17.2. The van der Waals surface area contributed by atoms with Crippen LogP contribution < -0.4 is 10.6 Å². The quantitative estimate of drug-likeness (QED) is 0.639. The van der Waals surface area contributed by atoms with E-state index in [0.29, 0.717) is 29.6 Å². The topological polar surface area (TPSA) is 76.1 Å². The molecule has 0 spiro atoms. The Morgan fingerprint density at radius 1 is 1.04 bits per heavy atom. The van der Waals surface area contributed by atoms with Gasteiger partial charge in [0, 0.05) is 18.3 Å². The lowest BCUT2D eigenvalue weighted by molar-refractivity contribution is 0.0602. The number of benzene rings is 2. The van der Waals surface area contributed by atoms with E-state index in [4.69, 9.17) is 4.74 Å². The van der Waals surface area contributed by atoms with Crippen molar-refractivity contribution in [3.63, 3.8) is 0 Å². The number of carbonyl (C=O) groups excluding carboxylic acids is 1. The number of para-hydroxylation sites is 1. The third kappa shape index (κ3) is 4.61. The van der Waals surface area contributed by atoms with Crippen LogP contribution in [-0.2, 0) is 11.3 Å². The van der Waals surface area contributed by atoms with Crippen LogP contribution in [0.15, 0.2) is 54.6 Å². The Hall–Kier alpha value is -3.41. The summed E-state index contributed by atoms with van der Waals surface area (Å²) < 4.78 is 4.84. The van der Waals surface area contributed by atoms with Crippen molar-refractivity contribution in [1.82, 2.24) is 9.97 Å². The van der Waals surface area contributed by atoms with Gasteiger partial charge in [0.1, 0.15) is 5.82 Å². The Morgan fingerprint density at radius 2 is 1.78 bits per heavy atom. The van der Waals surface area contributed by atoms with Crippen LogP contribution in [0.4, 0.5) is 17.5 Å². The molecule has 0 amide bonds. The summed E-state index contributed by atoms with van der Waals surface area (Å²) in [5.41, 5.74) is 4.30. The van der Waals surface area contributed by atoms with Gasteiger partial charge in [0.2, 0.25) is 5.95 Å². The SMILES string of the molecule is COC(=O)c1ccccc1Nc1cc(C)nc(NCc2ccccc2C)n1. The lowest BCUT2D eigenvalue weighted by Gasteiger charge is -2.13. The summed E-state index contributed by atoms with van der Waals surface area (Å²) >= 11 is 0. The first kappa shape index (κ1) is 18.4. The molecular formula is C21H22N4O2. The maximum Gasteiger partial charge on any atom is 0.339 e. The number of hydrogen-bond donors (Lipinski definition) is 2. The highest BCUT2D eigenvalue weighted by atomic mass is 16.5.